The van der Waals surface area contributed by atoms with Crippen molar-refractivity contribution in [3.05, 3.63) is 46.3 Å². The smallest absolute Gasteiger partial charge is 0.210 e. The van der Waals surface area contributed by atoms with Crippen molar-refractivity contribution in [2.24, 2.45) is 0 Å². The fourth-order valence-electron chi connectivity index (χ4n) is 1.52. The minimum atomic E-state index is -3.38. The van der Waals surface area contributed by atoms with E-state index in [4.69, 9.17) is 0 Å². The number of halogens is 1. The molecule has 0 spiro atoms. The number of hydrogen-bond donors (Lipinski definition) is 1. The molecule has 2 aromatic rings. The summed E-state index contributed by atoms with van der Waals surface area (Å²) in [5, 5.41) is 1.75. The molecule has 1 aromatic heterocycles. The average molecular weight is 392 g/mol. The van der Waals surface area contributed by atoms with E-state index in [1.165, 1.54) is 16.2 Å². The standard InChI is InChI=1S/C13H14BrNO2S3/c14-12-7-10-19-13(12)20(16,17)15-8-4-9-18-11-5-2-1-3-6-11/h1-3,5-7,10,15H,4,8-9H2. The van der Waals surface area contributed by atoms with Crippen molar-refractivity contribution in [3.63, 3.8) is 0 Å². The van der Waals surface area contributed by atoms with Crippen LogP contribution in [0, 0.1) is 0 Å². The zero-order valence-corrected chi connectivity index (χ0v) is 14.6. The lowest BCUT2D eigenvalue weighted by Gasteiger charge is -2.05. The Balaban J connectivity index is 1.75. The first-order valence-corrected chi connectivity index (χ1v) is 10.1. The van der Waals surface area contributed by atoms with Crippen LogP contribution in [0.5, 0.6) is 0 Å². The van der Waals surface area contributed by atoms with Gasteiger partial charge in [-0.1, -0.05) is 18.2 Å². The monoisotopic (exact) mass is 391 g/mol. The van der Waals surface area contributed by atoms with Crippen molar-refractivity contribution < 1.29 is 8.42 Å². The topological polar surface area (TPSA) is 46.2 Å². The second-order valence-corrected chi connectivity index (χ2v) is 8.87. The SMILES string of the molecule is O=S(=O)(NCCCSc1ccccc1)c1sccc1Br. The molecule has 3 nitrogen and oxygen atoms in total. The first kappa shape index (κ1) is 16.0. The highest BCUT2D eigenvalue weighted by Gasteiger charge is 2.18. The van der Waals surface area contributed by atoms with Crippen LogP contribution in [0.25, 0.3) is 0 Å². The number of rotatable bonds is 7. The van der Waals surface area contributed by atoms with E-state index in [0.29, 0.717) is 15.2 Å². The van der Waals surface area contributed by atoms with Crippen LogP contribution in [0.3, 0.4) is 0 Å². The van der Waals surface area contributed by atoms with E-state index in [0.717, 1.165) is 12.2 Å². The van der Waals surface area contributed by atoms with Gasteiger partial charge in [0.25, 0.3) is 10.0 Å². The van der Waals surface area contributed by atoms with Crippen LogP contribution in [0.2, 0.25) is 0 Å². The summed E-state index contributed by atoms with van der Waals surface area (Å²) in [6.07, 6.45) is 0.793. The molecule has 0 amide bonds. The quantitative estimate of drug-likeness (QED) is 0.573. The number of sulfonamides is 1. The van der Waals surface area contributed by atoms with Crippen molar-refractivity contribution in [2.45, 2.75) is 15.5 Å². The van der Waals surface area contributed by atoms with Gasteiger partial charge >= 0.3 is 0 Å². The Bertz CT molecular complexity index is 641. The molecule has 1 aromatic carbocycles. The Labute approximate surface area is 136 Å². The van der Waals surface area contributed by atoms with Crippen molar-refractivity contribution in [1.29, 1.82) is 0 Å². The Hall–Kier alpha value is -0.340. The third-order valence-corrected chi connectivity index (χ3v) is 7.68. The molecule has 1 heterocycles. The summed E-state index contributed by atoms with van der Waals surface area (Å²) < 4.78 is 27.6. The fourth-order valence-corrected chi connectivity index (χ4v) is 5.85. The molecule has 7 heteroatoms. The lowest BCUT2D eigenvalue weighted by atomic mass is 10.4. The molecule has 20 heavy (non-hydrogen) atoms. The maximum absolute atomic E-state index is 12.0. The molecule has 0 atom stereocenters. The van der Waals surface area contributed by atoms with Gasteiger partial charge in [0, 0.05) is 15.9 Å². The molecule has 0 fully saturated rings. The molecule has 1 N–H and O–H groups in total. The summed E-state index contributed by atoms with van der Waals surface area (Å²) in [4.78, 5) is 1.20. The zero-order chi connectivity index (χ0) is 14.4. The van der Waals surface area contributed by atoms with Crippen LogP contribution < -0.4 is 4.72 Å². The molecule has 0 saturated heterocycles. The van der Waals surface area contributed by atoms with Crippen molar-refractivity contribution in [2.75, 3.05) is 12.3 Å². The van der Waals surface area contributed by atoms with Crippen molar-refractivity contribution in [1.82, 2.24) is 4.72 Å². The van der Waals surface area contributed by atoms with E-state index in [2.05, 4.69) is 32.8 Å². The van der Waals surface area contributed by atoms with Crippen molar-refractivity contribution >= 4 is 49.1 Å². The third kappa shape index (κ3) is 4.60. The average Bonchev–Trinajstić information content (AvgIpc) is 2.86. The summed E-state index contributed by atoms with van der Waals surface area (Å²) in [5.41, 5.74) is 0. The lowest BCUT2D eigenvalue weighted by Crippen LogP contribution is -2.24. The molecule has 2 rings (SSSR count). The predicted octanol–water partition coefficient (Wildman–Crippen LogP) is 3.97. The number of nitrogens with one attached hydrogen (secondary N) is 1. The van der Waals surface area contributed by atoms with Gasteiger partial charge in [0.1, 0.15) is 4.21 Å². The molecule has 0 aliphatic rings. The lowest BCUT2D eigenvalue weighted by molar-refractivity contribution is 0.583. The van der Waals surface area contributed by atoms with Gasteiger partial charge in [-0.25, -0.2) is 13.1 Å². The van der Waals surface area contributed by atoms with E-state index >= 15 is 0 Å². The van der Waals surface area contributed by atoms with Gasteiger partial charge < -0.3 is 0 Å². The Morgan fingerprint density at radius 1 is 1.20 bits per heavy atom. The van der Waals surface area contributed by atoms with E-state index in [1.807, 2.05) is 18.2 Å². The molecule has 0 aliphatic carbocycles. The Kier molecular flexibility index (Phi) is 6.10. The van der Waals surface area contributed by atoms with Crippen LogP contribution in [-0.4, -0.2) is 20.7 Å². The van der Waals surface area contributed by atoms with Crippen LogP contribution in [-0.2, 0) is 10.0 Å². The van der Waals surface area contributed by atoms with Crippen LogP contribution in [0.15, 0.2) is 55.4 Å². The van der Waals surface area contributed by atoms with Gasteiger partial charge in [-0.15, -0.1) is 23.1 Å². The van der Waals surface area contributed by atoms with Crippen LogP contribution in [0.1, 0.15) is 6.42 Å². The minimum absolute atomic E-state index is 0.341. The van der Waals surface area contributed by atoms with E-state index < -0.39 is 10.0 Å². The number of hydrogen-bond acceptors (Lipinski definition) is 4. The highest BCUT2D eigenvalue weighted by atomic mass is 79.9. The molecule has 0 radical (unpaired) electrons. The molecule has 0 saturated carbocycles. The Morgan fingerprint density at radius 3 is 2.60 bits per heavy atom. The minimum Gasteiger partial charge on any atom is -0.210 e. The van der Waals surface area contributed by atoms with E-state index in [-0.39, 0.29) is 0 Å². The summed E-state index contributed by atoms with van der Waals surface area (Å²) in [5.74, 6) is 0.887. The second-order valence-electron chi connectivity index (χ2n) is 3.97. The molecule has 0 unspecified atom stereocenters. The molecular weight excluding hydrogens is 378 g/mol. The van der Waals surface area contributed by atoms with Crippen LogP contribution >= 0.6 is 39.0 Å². The van der Waals surface area contributed by atoms with Crippen molar-refractivity contribution in [3.8, 4) is 0 Å². The number of benzene rings is 1. The first-order chi connectivity index (χ1) is 9.59. The molecular formula is C13H14BrNO2S3. The van der Waals surface area contributed by atoms with Gasteiger partial charge in [-0.05, 0) is 51.7 Å². The maximum atomic E-state index is 12.0. The normalized spacial score (nSPS) is 11.7. The highest BCUT2D eigenvalue weighted by molar-refractivity contribution is 9.10. The van der Waals surface area contributed by atoms with E-state index in [1.54, 1.807) is 23.2 Å². The summed E-state index contributed by atoms with van der Waals surface area (Å²) in [6.45, 7) is 0.451. The fraction of sp³-hybridized carbons (Fsp3) is 0.231. The van der Waals surface area contributed by atoms with E-state index in [9.17, 15) is 8.42 Å². The predicted molar refractivity (Wildman–Crippen MR) is 89.0 cm³/mol. The van der Waals surface area contributed by atoms with Gasteiger partial charge in [0.05, 0.1) is 0 Å². The highest BCUT2D eigenvalue weighted by Crippen LogP contribution is 2.27. The summed E-state index contributed by atoms with van der Waals surface area (Å²) in [7, 11) is -3.38. The van der Waals surface area contributed by atoms with Gasteiger partial charge in [0.2, 0.25) is 0 Å². The third-order valence-electron chi connectivity index (χ3n) is 2.45. The van der Waals surface area contributed by atoms with Gasteiger partial charge in [-0.3, -0.25) is 0 Å². The summed E-state index contributed by atoms with van der Waals surface area (Å²) in [6, 6.07) is 11.8. The van der Waals surface area contributed by atoms with Gasteiger partial charge in [0.15, 0.2) is 0 Å². The molecule has 0 bridgehead atoms. The number of thiophene rings is 1. The molecule has 108 valence electrons. The second kappa shape index (κ2) is 7.61. The first-order valence-electron chi connectivity index (χ1n) is 6.00. The number of thioether (sulfide) groups is 1. The zero-order valence-electron chi connectivity index (χ0n) is 10.6. The largest absolute Gasteiger partial charge is 0.251 e. The van der Waals surface area contributed by atoms with Crippen LogP contribution in [0.4, 0.5) is 0 Å². The maximum Gasteiger partial charge on any atom is 0.251 e. The summed E-state index contributed by atoms with van der Waals surface area (Å²) >= 11 is 6.19. The molecule has 0 aliphatic heterocycles. The van der Waals surface area contributed by atoms with Gasteiger partial charge in [-0.2, -0.15) is 0 Å². The Morgan fingerprint density at radius 2 is 1.95 bits per heavy atom.